The molecule has 0 spiro atoms. The molecular weight excluding hydrogens is 426 g/mol. The summed E-state index contributed by atoms with van der Waals surface area (Å²) in [6, 6.07) is 7.38. The van der Waals surface area contributed by atoms with E-state index in [1.54, 1.807) is 24.3 Å². The van der Waals surface area contributed by atoms with Crippen LogP contribution in [0.4, 0.5) is 5.69 Å². The summed E-state index contributed by atoms with van der Waals surface area (Å²) in [6.07, 6.45) is 4.43. The average molecular weight is 458 g/mol. The lowest BCUT2D eigenvalue weighted by molar-refractivity contribution is -0.121. The molecule has 4 rings (SSSR count). The molecule has 2 saturated heterocycles. The van der Waals surface area contributed by atoms with E-state index < -0.39 is 5.25 Å². The SMILES string of the molecule is CN(C)C1CCCN(C(=O)c2ccc(NC(=O)CC3SC(N4CCCC4)=NC3=O)cc2)C1. The molecule has 32 heavy (non-hydrogen) atoms. The van der Waals surface area contributed by atoms with E-state index in [1.165, 1.54) is 11.8 Å². The molecule has 1 aromatic carbocycles. The van der Waals surface area contributed by atoms with Crippen molar-refractivity contribution in [2.24, 2.45) is 4.99 Å². The van der Waals surface area contributed by atoms with Gasteiger partial charge in [-0.1, -0.05) is 11.8 Å². The van der Waals surface area contributed by atoms with Crippen molar-refractivity contribution in [1.29, 1.82) is 0 Å². The van der Waals surface area contributed by atoms with E-state index in [1.807, 2.05) is 19.0 Å². The Morgan fingerprint density at radius 3 is 2.53 bits per heavy atom. The predicted molar refractivity (Wildman–Crippen MR) is 127 cm³/mol. The van der Waals surface area contributed by atoms with Crippen LogP contribution in [0.5, 0.6) is 0 Å². The summed E-state index contributed by atoms with van der Waals surface area (Å²) >= 11 is 1.39. The van der Waals surface area contributed by atoms with Gasteiger partial charge in [0.05, 0.1) is 0 Å². The first-order valence-electron chi connectivity index (χ1n) is 11.3. The van der Waals surface area contributed by atoms with Crippen LogP contribution in [0.3, 0.4) is 0 Å². The van der Waals surface area contributed by atoms with E-state index in [-0.39, 0.29) is 24.1 Å². The van der Waals surface area contributed by atoms with Crippen LogP contribution in [0.25, 0.3) is 0 Å². The second-order valence-corrected chi connectivity index (χ2v) is 10.0. The number of carbonyl (C=O) groups excluding carboxylic acids is 3. The molecule has 0 radical (unpaired) electrons. The molecule has 8 nitrogen and oxygen atoms in total. The maximum atomic E-state index is 12.9. The molecule has 2 fully saturated rings. The van der Waals surface area contributed by atoms with E-state index in [2.05, 4.69) is 20.1 Å². The average Bonchev–Trinajstić information content (AvgIpc) is 3.44. The van der Waals surface area contributed by atoms with Crippen LogP contribution < -0.4 is 5.32 Å². The normalized spacial score (nSPS) is 23.6. The summed E-state index contributed by atoms with van der Waals surface area (Å²) in [5.74, 6) is -0.433. The molecule has 9 heteroatoms. The van der Waals surface area contributed by atoms with Crippen LogP contribution in [0.15, 0.2) is 29.3 Å². The first kappa shape index (κ1) is 22.8. The fraction of sp³-hybridized carbons (Fsp3) is 0.565. The van der Waals surface area contributed by atoms with E-state index in [0.717, 1.165) is 57.0 Å². The number of amidine groups is 1. The maximum absolute atomic E-state index is 12.9. The molecule has 3 amide bonds. The van der Waals surface area contributed by atoms with Gasteiger partial charge < -0.3 is 20.0 Å². The smallest absolute Gasteiger partial charge is 0.262 e. The Bertz CT molecular complexity index is 895. The summed E-state index contributed by atoms with van der Waals surface area (Å²) in [7, 11) is 4.10. The number of rotatable bonds is 5. The zero-order valence-corrected chi connectivity index (χ0v) is 19.6. The number of thioether (sulfide) groups is 1. The molecule has 0 aromatic heterocycles. The standard InChI is InChI=1S/C23H31N5O3S/c1-26(2)18-6-5-13-28(15-18)22(31)16-7-9-17(10-8-16)24-20(29)14-19-21(30)25-23(32-19)27-11-3-4-12-27/h7-10,18-19H,3-6,11-15H2,1-2H3,(H,24,29). The number of carbonyl (C=O) groups is 3. The number of likely N-dealkylation sites (tertiary alicyclic amines) is 2. The Morgan fingerprint density at radius 2 is 1.84 bits per heavy atom. The molecule has 3 aliphatic rings. The minimum absolute atomic E-state index is 0.0222. The summed E-state index contributed by atoms with van der Waals surface area (Å²) in [5, 5.41) is 3.13. The van der Waals surface area contributed by atoms with Gasteiger partial charge in [0.2, 0.25) is 5.91 Å². The first-order valence-corrected chi connectivity index (χ1v) is 12.2. The van der Waals surface area contributed by atoms with Crippen molar-refractivity contribution in [3.8, 4) is 0 Å². The van der Waals surface area contributed by atoms with Gasteiger partial charge in [0, 0.05) is 49.9 Å². The number of likely N-dealkylation sites (N-methyl/N-ethyl adjacent to an activating group) is 1. The number of piperidine rings is 1. The monoisotopic (exact) mass is 457 g/mol. The van der Waals surface area contributed by atoms with Gasteiger partial charge in [0.15, 0.2) is 5.17 Å². The third-order valence-corrected chi connectivity index (χ3v) is 7.52. The van der Waals surface area contributed by atoms with Crippen molar-refractivity contribution >= 4 is 40.3 Å². The van der Waals surface area contributed by atoms with E-state index in [9.17, 15) is 14.4 Å². The molecule has 2 atom stereocenters. The molecule has 1 aromatic rings. The lowest BCUT2D eigenvalue weighted by Gasteiger charge is -2.36. The van der Waals surface area contributed by atoms with Gasteiger partial charge in [-0.15, -0.1) is 0 Å². The third-order valence-electron chi connectivity index (χ3n) is 6.31. The molecule has 0 aliphatic carbocycles. The topological polar surface area (TPSA) is 85.3 Å². The molecule has 3 heterocycles. The van der Waals surface area contributed by atoms with Gasteiger partial charge in [-0.2, -0.15) is 4.99 Å². The van der Waals surface area contributed by atoms with Crippen molar-refractivity contribution in [2.75, 3.05) is 45.6 Å². The van der Waals surface area contributed by atoms with Crippen LogP contribution in [-0.4, -0.2) is 89.2 Å². The molecule has 0 bridgehead atoms. The number of anilines is 1. The minimum atomic E-state index is -0.463. The minimum Gasteiger partial charge on any atom is -0.351 e. The van der Waals surface area contributed by atoms with Crippen molar-refractivity contribution < 1.29 is 14.4 Å². The zero-order valence-electron chi connectivity index (χ0n) is 18.7. The van der Waals surface area contributed by atoms with E-state index in [4.69, 9.17) is 0 Å². The van der Waals surface area contributed by atoms with Gasteiger partial charge in [0.1, 0.15) is 5.25 Å². The highest BCUT2D eigenvalue weighted by Crippen LogP contribution is 2.29. The highest BCUT2D eigenvalue weighted by Gasteiger charge is 2.33. The van der Waals surface area contributed by atoms with Crippen LogP contribution in [0.1, 0.15) is 42.5 Å². The number of amides is 3. The summed E-state index contributed by atoms with van der Waals surface area (Å²) in [6.45, 7) is 3.36. The van der Waals surface area contributed by atoms with Gasteiger partial charge in [-0.05, 0) is 64.0 Å². The largest absolute Gasteiger partial charge is 0.351 e. The quantitative estimate of drug-likeness (QED) is 0.730. The van der Waals surface area contributed by atoms with Crippen LogP contribution in [0.2, 0.25) is 0 Å². The van der Waals surface area contributed by atoms with Crippen molar-refractivity contribution in [3.05, 3.63) is 29.8 Å². The van der Waals surface area contributed by atoms with Gasteiger partial charge in [0.25, 0.3) is 11.8 Å². The van der Waals surface area contributed by atoms with Gasteiger partial charge in [-0.25, -0.2) is 0 Å². The molecule has 1 N–H and O–H groups in total. The zero-order chi connectivity index (χ0) is 22.7. The maximum Gasteiger partial charge on any atom is 0.262 e. The lowest BCUT2D eigenvalue weighted by Crippen LogP contribution is -2.47. The number of benzene rings is 1. The number of hydrogen-bond acceptors (Lipinski definition) is 6. The summed E-state index contributed by atoms with van der Waals surface area (Å²) in [5.41, 5.74) is 1.24. The van der Waals surface area contributed by atoms with Crippen LogP contribution in [0, 0.1) is 0 Å². The number of hydrogen-bond donors (Lipinski definition) is 1. The first-order chi connectivity index (χ1) is 15.4. The summed E-state index contributed by atoms with van der Waals surface area (Å²) < 4.78 is 0. The molecule has 2 unspecified atom stereocenters. The van der Waals surface area contributed by atoms with E-state index in [0.29, 0.717) is 17.3 Å². The number of nitrogens with zero attached hydrogens (tertiary/aromatic N) is 4. The number of nitrogens with one attached hydrogen (secondary N) is 1. The lowest BCUT2D eigenvalue weighted by atomic mass is 10.0. The Labute approximate surface area is 193 Å². The van der Waals surface area contributed by atoms with Crippen LogP contribution in [-0.2, 0) is 9.59 Å². The Hall–Kier alpha value is -2.39. The van der Waals surface area contributed by atoms with Crippen molar-refractivity contribution in [3.63, 3.8) is 0 Å². The van der Waals surface area contributed by atoms with Crippen LogP contribution >= 0.6 is 11.8 Å². The third kappa shape index (κ3) is 5.32. The van der Waals surface area contributed by atoms with Crippen molar-refractivity contribution in [2.45, 2.75) is 43.4 Å². The highest BCUT2D eigenvalue weighted by atomic mass is 32.2. The fourth-order valence-corrected chi connectivity index (χ4v) is 5.49. The second kappa shape index (κ2) is 10.0. The molecule has 3 aliphatic heterocycles. The fourth-order valence-electron chi connectivity index (χ4n) is 4.37. The van der Waals surface area contributed by atoms with Gasteiger partial charge in [-0.3, -0.25) is 14.4 Å². The number of aliphatic imine (C=N–C) groups is 1. The second-order valence-electron chi connectivity index (χ2n) is 8.87. The highest BCUT2D eigenvalue weighted by molar-refractivity contribution is 8.15. The molecule has 0 saturated carbocycles. The Morgan fingerprint density at radius 1 is 1.12 bits per heavy atom. The Balaban J connectivity index is 1.28. The predicted octanol–water partition coefficient (Wildman–Crippen LogP) is 2.28. The van der Waals surface area contributed by atoms with E-state index >= 15 is 0 Å². The Kier molecular flexibility index (Phi) is 7.15. The summed E-state index contributed by atoms with van der Waals surface area (Å²) in [4.78, 5) is 47.9. The molecular formula is C23H31N5O3S. The van der Waals surface area contributed by atoms with Gasteiger partial charge >= 0.3 is 0 Å². The van der Waals surface area contributed by atoms with Crippen molar-refractivity contribution in [1.82, 2.24) is 14.7 Å². The molecule has 172 valence electrons.